The molecule has 0 amide bonds. The van der Waals surface area contributed by atoms with Gasteiger partial charge in [-0.2, -0.15) is 13.2 Å². The van der Waals surface area contributed by atoms with Crippen molar-refractivity contribution in [1.82, 2.24) is 0 Å². The Morgan fingerprint density at radius 2 is 1.45 bits per heavy atom. The first-order valence-electron chi connectivity index (χ1n) is 10.2. The highest BCUT2D eigenvalue weighted by molar-refractivity contribution is 5.73. The van der Waals surface area contributed by atoms with Gasteiger partial charge in [0.05, 0.1) is 5.56 Å². The van der Waals surface area contributed by atoms with Gasteiger partial charge in [0.25, 0.3) is 0 Å². The molecule has 0 bridgehead atoms. The van der Waals surface area contributed by atoms with Crippen LogP contribution < -0.4 is 0 Å². The minimum absolute atomic E-state index is 0.0542. The Bertz CT molecular complexity index is 1080. The van der Waals surface area contributed by atoms with Gasteiger partial charge in [-0.15, -0.1) is 0 Å². The molecule has 0 aliphatic heterocycles. The molecular weight excluding hydrogens is 407 g/mol. The number of benzene rings is 3. The molecule has 0 atom stereocenters. The summed E-state index contributed by atoms with van der Waals surface area (Å²) < 4.78 is 70.6. The van der Waals surface area contributed by atoms with E-state index in [2.05, 4.69) is 0 Å². The maximum atomic E-state index is 15.0. The van der Waals surface area contributed by atoms with Crippen molar-refractivity contribution in [3.63, 3.8) is 0 Å². The third kappa shape index (κ3) is 5.04. The summed E-state index contributed by atoms with van der Waals surface area (Å²) >= 11 is 0. The molecule has 3 aromatic rings. The minimum Gasteiger partial charge on any atom is -0.206 e. The van der Waals surface area contributed by atoms with Gasteiger partial charge in [0.1, 0.15) is 11.6 Å². The third-order valence-corrected chi connectivity index (χ3v) is 5.16. The van der Waals surface area contributed by atoms with Crippen LogP contribution in [0.25, 0.3) is 28.3 Å². The van der Waals surface area contributed by atoms with Crippen LogP contribution >= 0.6 is 0 Å². The van der Waals surface area contributed by atoms with Crippen LogP contribution in [0, 0.1) is 11.6 Å². The van der Waals surface area contributed by atoms with E-state index in [0.29, 0.717) is 17.5 Å². The number of aryl methyl sites for hydroxylation is 1. The zero-order chi connectivity index (χ0) is 22.6. The molecule has 0 spiro atoms. The smallest absolute Gasteiger partial charge is 0.206 e. The van der Waals surface area contributed by atoms with Crippen LogP contribution in [0.1, 0.15) is 43.4 Å². The summed E-state index contributed by atoms with van der Waals surface area (Å²) in [5.74, 6) is -2.02. The number of halogens is 5. The Hall–Kier alpha value is -2.95. The van der Waals surface area contributed by atoms with Crippen LogP contribution in [0.15, 0.2) is 60.7 Å². The fourth-order valence-electron chi connectivity index (χ4n) is 3.45. The molecule has 0 saturated heterocycles. The first-order chi connectivity index (χ1) is 14.8. The number of unbranched alkanes of at least 4 members (excludes halogenated alkanes) is 1. The Labute approximate surface area is 179 Å². The van der Waals surface area contributed by atoms with Crippen molar-refractivity contribution in [3.05, 3.63) is 89.0 Å². The quantitative estimate of drug-likeness (QED) is 0.343. The van der Waals surface area contributed by atoms with Crippen LogP contribution in [0.2, 0.25) is 0 Å². The second kappa shape index (κ2) is 9.46. The van der Waals surface area contributed by atoms with Gasteiger partial charge < -0.3 is 0 Å². The normalized spacial score (nSPS) is 12.0. The highest BCUT2D eigenvalue weighted by Crippen LogP contribution is 2.39. The Balaban J connectivity index is 2.05. The zero-order valence-electron chi connectivity index (χ0n) is 17.4. The molecule has 0 unspecified atom stereocenters. The van der Waals surface area contributed by atoms with Gasteiger partial charge >= 0.3 is 6.18 Å². The predicted octanol–water partition coefficient (Wildman–Crippen LogP) is 8.69. The Morgan fingerprint density at radius 3 is 2.03 bits per heavy atom. The number of allylic oxidation sites excluding steroid dienone is 1. The molecule has 0 aromatic heterocycles. The highest BCUT2D eigenvalue weighted by atomic mass is 19.4. The van der Waals surface area contributed by atoms with Crippen LogP contribution in [0.5, 0.6) is 0 Å². The summed E-state index contributed by atoms with van der Waals surface area (Å²) in [6, 6.07) is 13.8. The number of hydrogen-bond donors (Lipinski definition) is 0. The van der Waals surface area contributed by atoms with Crippen molar-refractivity contribution in [2.45, 2.75) is 39.3 Å². The minimum atomic E-state index is -4.87. The molecule has 5 heteroatoms. The van der Waals surface area contributed by atoms with Crippen LogP contribution in [0.3, 0.4) is 0 Å². The average molecular weight is 430 g/mol. The lowest BCUT2D eigenvalue weighted by molar-refractivity contribution is -0.140. The molecule has 0 aliphatic carbocycles. The van der Waals surface area contributed by atoms with E-state index in [0.717, 1.165) is 24.5 Å². The van der Waals surface area contributed by atoms with Gasteiger partial charge in [0.2, 0.25) is 0 Å². The summed E-state index contributed by atoms with van der Waals surface area (Å²) in [4.78, 5) is 0. The van der Waals surface area contributed by atoms with E-state index in [1.807, 2.05) is 26.0 Å². The summed E-state index contributed by atoms with van der Waals surface area (Å²) in [6.45, 7) is 3.91. The molecule has 3 aromatic carbocycles. The summed E-state index contributed by atoms with van der Waals surface area (Å²) in [5.41, 5.74) is 0.254. The maximum absolute atomic E-state index is 15.0. The molecule has 3 rings (SSSR count). The maximum Gasteiger partial charge on any atom is 0.419 e. The standard InChI is InChI=1S/C26H23F5/c1-3-5-6-7-19-12-15-22(25(28)24(19)26(29,30)31)20-13-14-21(23(27)16-20)18-10-8-17(4-2)9-11-18/h6-16H,3-5H2,1-2H3. The average Bonchev–Trinajstić information content (AvgIpc) is 2.73. The van der Waals surface area contributed by atoms with Crippen molar-refractivity contribution in [1.29, 1.82) is 0 Å². The largest absolute Gasteiger partial charge is 0.419 e. The zero-order valence-corrected chi connectivity index (χ0v) is 17.4. The van der Waals surface area contributed by atoms with Gasteiger partial charge in [-0.3, -0.25) is 0 Å². The molecule has 162 valence electrons. The topological polar surface area (TPSA) is 0 Å². The molecule has 0 fully saturated rings. The van der Waals surface area contributed by atoms with Gasteiger partial charge in [0, 0.05) is 11.1 Å². The molecule has 31 heavy (non-hydrogen) atoms. The second-order valence-electron chi connectivity index (χ2n) is 7.33. The second-order valence-corrected chi connectivity index (χ2v) is 7.33. The monoisotopic (exact) mass is 430 g/mol. The van der Waals surface area contributed by atoms with E-state index in [4.69, 9.17) is 0 Å². The van der Waals surface area contributed by atoms with E-state index in [1.54, 1.807) is 18.2 Å². The first-order valence-corrected chi connectivity index (χ1v) is 10.2. The molecular formula is C26H23F5. The third-order valence-electron chi connectivity index (χ3n) is 5.16. The number of alkyl halides is 3. The summed E-state index contributed by atoms with van der Waals surface area (Å²) in [6.07, 6.45) is 0.209. The lowest BCUT2D eigenvalue weighted by Crippen LogP contribution is -2.11. The van der Waals surface area contributed by atoms with Crippen molar-refractivity contribution >= 4 is 6.08 Å². The molecule has 0 radical (unpaired) electrons. The van der Waals surface area contributed by atoms with Gasteiger partial charge in [0.15, 0.2) is 0 Å². The summed E-state index contributed by atoms with van der Waals surface area (Å²) in [7, 11) is 0. The molecule has 0 heterocycles. The van der Waals surface area contributed by atoms with Gasteiger partial charge in [-0.25, -0.2) is 8.78 Å². The van der Waals surface area contributed by atoms with E-state index < -0.39 is 23.4 Å². The van der Waals surface area contributed by atoms with Crippen LogP contribution in [0.4, 0.5) is 22.0 Å². The van der Waals surface area contributed by atoms with Crippen LogP contribution in [-0.4, -0.2) is 0 Å². The lowest BCUT2D eigenvalue weighted by atomic mass is 9.95. The van der Waals surface area contributed by atoms with Crippen LogP contribution in [-0.2, 0) is 12.6 Å². The lowest BCUT2D eigenvalue weighted by Gasteiger charge is -2.15. The molecule has 0 aliphatic rings. The van der Waals surface area contributed by atoms with E-state index in [1.165, 1.54) is 30.3 Å². The fraction of sp³-hybridized carbons (Fsp3) is 0.231. The molecule has 0 saturated carbocycles. The van der Waals surface area contributed by atoms with E-state index in [9.17, 15) is 22.0 Å². The van der Waals surface area contributed by atoms with Crippen molar-refractivity contribution in [2.75, 3.05) is 0 Å². The fourth-order valence-corrected chi connectivity index (χ4v) is 3.45. The summed E-state index contributed by atoms with van der Waals surface area (Å²) in [5, 5.41) is 0. The van der Waals surface area contributed by atoms with Gasteiger partial charge in [-0.05, 0) is 41.2 Å². The molecule has 0 nitrogen and oxygen atoms in total. The Kier molecular flexibility index (Phi) is 6.94. The first kappa shape index (κ1) is 22.7. The van der Waals surface area contributed by atoms with Crippen molar-refractivity contribution in [2.24, 2.45) is 0 Å². The van der Waals surface area contributed by atoms with Gasteiger partial charge in [-0.1, -0.05) is 81.0 Å². The Morgan fingerprint density at radius 1 is 0.806 bits per heavy atom. The number of hydrogen-bond acceptors (Lipinski definition) is 0. The van der Waals surface area contributed by atoms with E-state index >= 15 is 0 Å². The molecule has 0 N–H and O–H groups in total. The van der Waals surface area contributed by atoms with E-state index in [-0.39, 0.29) is 16.7 Å². The number of rotatable bonds is 6. The SMILES string of the molecule is CCCC=Cc1ccc(-c2ccc(-c3ccc(CC)cc3)c(F)c2)c(F)c1C(F)(F)F. The van der Waals surface area contributed by atoms with Crippen molar-refractivity contribution in [3.8, 4) is 22.3 Å². The predicted molar refractivity (Wildman–Crippen MR) is 116 cm³/mol. The van der Waals surface area contributed by atoms with Crippen molar-refractivity contribution < 1.29 is 22.0 Å². The highest BCUT2D eigenvalue weighted by Gasteiger charge is 2.37.